The molecule has 3 aromatic rings. The minimum Gasteiger partial charge on any atom is -0.506 e. The van der Waals surface area contributed by atoms with Gasteiger partial charge in [0.2, 0.25) is 0 Å². The predicted molar refractivity (Wildman–Crippen MR) is 132 cm³/mol. The summed E-state index contributed by atoms with van der Waals surface area (Å²) in [6.45, 7) is 12.9. The molecule has 0 radical (unpaired) electrons. The average Bonchev–Trinajstić information content (AvgIpc) is 2.82. The van der Waals surface area contributed by atoms with Crippen LogP contribution in [0.25, 0.3) is 0 Å². The molecule has 0 bridgehead atoms. The van der Waals surface area contributed by atoms with E-state index in [1.807, 2.05) is 48.5 Å². The molecule has 0 fully saturated rings. The van der Waals surface area contributed by atoms with Crippen LogP contribution in [-0.4, -0.2) is 31.3 Å². The van der Waals surface area contributed by atoms with Gasteiger partial charge in [-0.25, -0.2) is 0 Å². The highest BCUT2D eigenvalue weighted by atomic mass is 16.5. The number of rotatable bonds is 9. The third-order valence-electron chi connectivity index (χ3n) is 5.19. The molecule has 166 valence electrons. The summed E-state index contributed by atoms with van der Waals surface area (Å²) in [6, 6.07) is 25.9. The lowest BCUT2D eigenvalue weighted by Gasteiger charge is -2.23. The van der Waals surface area contributed by atoms with Gasteiger partial charge in [0.25, 0.3) is 0 Å². The van der Waals surface area contributed by atoms with Crippen molar-refractivity contribution in [2.75, 3.05) is 36.0 Å². The van der Waals surface area contributed by atoms with E-state index in [0.717, 1.165) is 37.6 Å². The molecule has 0 aliphatic rings. The maximum atomic E-state index is 9.50. The van der Waals surface area contributed by atoms with Crippen molar-refractivity contribution in [1.29, 1.82) is 0 Å². The molecule has 0 aliphatic carbocycles. The lowest BCUT2D eigenvalue weighted by molar-refractivity contribution is 0.306. The Balaban J connectivity index is 0.000000245. The highest BCUT2D eigenvalue weighted by molar-refractivity contribution is 5.58. The summed E-state index contributed by atoms with van der Waals surface area (Å²) in [5.74, 6) is 1.32. The molecule has 0 heterocycles. The lowest BCUT2D eigenvalue weighted by atomic mass is 10.2. The number of benzene rings is 3. The van der Waals surface area contributed by atoms with Gasteiger partial charge >= 0.3 is 0 Å². The van der Waals surface area contributed by atoms with E-state index in [9.17, 15) is 5.11 Å². The summed E-state index contributed by atoms with van der Waals surface area (Å²) in [5.41, 5.74) is 3.28. The molecule has 3 aromatic carbocycles. The standard InChI is InChI=1S/C17H21NO.C10H15NO/c1-3-18(4-2)16-12-8-9-13-17(16)19-14-15-10-6-5-7-11-15;1-3-11(4-2)9-7-5-6-8-10(9)12/h5-13H,3-4,14H2,1-2H3;5-8,12H,3-4H2,1-2H3. The Bertz CT molecular complexity index is 875. The first-order chi connectivity index (χ1) is 15.1. The average molecular weight is 421 g/mol. The van der Waals surface area contributed by atoms with E-state index in [0.29, 0.717) is 12.4 Å². The zero-order valence-corrected chi connectivity index (χ0v) is 19.3. The number of aromatic hydroxyl groups is 1. The maximum Gasteiger partial charge on any atom is 0.143 e. The predicted octanol–water partition coefficient (Wildman–Crippen LogP) is 6.35. The van der Waals surface area contributed by atoms with E-state index in [2.05, 4.69) is 61.8 Å². The Kier molecular flexibility index (Phi) is 10.3. The molecule has 0 saturated heterocycles. The van der Waals surface area contributed by atoms with Gasteiger partial charge in [0, 0.05) is 26.2 Å². The molecular weight excluding hydrogens is 384 g/mol. The van der Waals surface area contributed by atoms with E-state index in [1.165, 1.54) is 11.3 Å². The molecule has 4 heteroatoms. The molecule has 0 saturated carbocycles. The van der Waals surface area contributed by atoms with Crippen LogP contribution in [0.5, 0.6) is 11.5 Å². The second-order valence-electron chi connectivity index (χ2n) is 7.08. The van der Waals surface area contributed by atoms with E-state index in [4.69, 9.17) is 4.74 Å². The second-order valence-corrected chi connectivity index (χ2v) is 7.08. The Hall–Kier alpha value is -3.14. The highest BCUT2D eigenvalue weighted by Crippen LogP contribution is 2.28. The van der Waals surface area contributed by atoms with E-state index < -0.39 is 0 Å². The number of anilines is 2. The Morgan fingerprint density at radius 1 is 0.613 bits per heavy atom. The SMILES string of the molecule is CCN(CC)c1ccccc1O.CCN(CC)c1ccccc1OCc1ccccc1. The minimum absolute atomic E-state index is 0.362. The molecule has 4 nitrogen and oxygen atoms in total. The first kappa shape index (κ1) is 24.1. The Morgan fingerprint density at radius 2 is 1.10 bits per heavy atom. The molecule has 0 amide bonds. The fourth-order valence-corrected chi connectivity index (χ4v) is 3.44. The first-order valence-electron chi connectivity index (χ1n) is 11.2. The van der Waals surface area contributed by atoms with Crippen molar-refractivity contribution < 1.29 is 9.84 Å². The van der Waals surface area contributed by atoms with Crippen molar-refractivity contribution in [3.05, 3.63) is 84.4 Å². The number of para-hydroxylation sites is 4. The van der Waals surface area contributed by atoms with Crippen molar-refractivity contribution in [3.8, 4) is 11.5 Å². The number of hydrogen-bond donors (Lipinski definition) is 1. The molecule has 1 N–H and O–H groups in total. The molecule has 3 rings (SSSR count). The summed E-state index contributed by atoms with van der Waals surface area (Å²) >= 11 is 0. The number of phenols is 1. The van der Waals surface area contributed by atoms with E-state index in [1.54, 1.807) is 6.07 Å². The molecule has 0 aromatic heterocycles. The fourth-order valence-electron chi connectivity index (χ4n) is 3.44. The first-order valence-corrected chi connectivity index (χ1v) is 11.2. The van der Waals surface area contributed by atoms with Gasteiger partial charge in [0.05, 0.1) is 11.4 Å². The molecule has 0 aliphatic heterocycles. The molecular formula is C27H36N2O2. The van der Waals surface area contributed by atoms with E-state index >= 15 is 0 Å². The van der Waals surface area contributed by atoms with E-state index in [-0.39, 0.29) is 0 Å². The topological polar surface area (TPSA) is 35.9 Å². The highest BCUT2D eigenvalue weighted by Gasteiger charge is 2.08. The number of ether oxygens (including phenoxy) is 1. The molecule has 0 unspecified atom stereocenters. The van der Waals surface area contributed by atoms with Gasteiger partial charge in [-0.2, -0.15) is 0 Å². The van der Waals surface area contributed by atoms with Crippen LogP contribution < -0.4 is 14.5 Å². The maximum absolute atomic E-state index is 9.50. The van der Waals surface area contributed by atoms with Gasteiger partial charge in [-0.15, -0.1) is 0 Å². The summed E-state index contributed by atoms with van der Waals surface area (Å²) in [6.07, 6.45) is 0. The summed E-state index contributed by atoms with van der Waals surface area (Å²) in [7, 11) is 0. The summed E-state index contributed by atoms with van der Waals surface area (Å²) in [5, 5.41) is 9.50. The zero-order valence-electron chi connectivity index (χ0n) is 19.3. The molecule has 0 atom stereocenters. The second kappa shape index (κ2) is 13.2. The number of hydrogen-bond acceptors (Lipinski definition) is 4. The van der Waals surface area contributed by atoms with Crippen molar-refractivity contribution in [2.24, 2.45) is 0 Å². The third kappa shape index (κ3) is 7.25. The zero-order chi connectivity index (χ0) is 22.5. The van der Waals surface area contributed by atoms with Gasteiger partial charge in [0.1, 0.15) is 18.1 Å². The molecule has 31 heavy (non-hydrogen) atoms. The van der Waals surface area contributed by atoms with Crippen LogP contribution in [0.1, 0.15) is 33.3 Å². The minimum atomic E-state index is 0.362. The summed E-state index contributed by atoms with van der Waals surface area (Å²) < 4.78 is 5.97. The fraction of sp³-hybridized carbons (Fsp3) is 0.333. The van der Waals surface area contributed by atoms with Gasteiger partial charge in [-0.1, -0.05) is 54.6 Å². The monoisotopic (exact) mass is 420 g/mol. The Labute approximate surface area is 187 Å². The number of phenolic OH excluding ortho intramolecular Hbond substituents is 1. The Morgan fingerprint density at radius 3 is 1.68 bits per heavy atom. The van der Waals surface area contributed by atoms with Crippen LogP contribution in [0.4, 0.5) is 11.4 Å². The number of nitrogens with zero attached hydrogens (tertiary/aromatic N) is 2. The van der Waals surface area contributed by atoms with Crippen LogP contribution in [0.2, 0.25) is 0 Å². The van der Waals surface area contributed by atoms with Crippen molar-refractivity contribution in [3.63, 3.8) is 0 Å². The smallest absolute Gasteiger partial charge is 0.143 e. The van der Waals surface area contributed by atoms with Crippen molar-refractivity contribution >= 4 is 11.4 Å². The quantitative estimate of drug-likeness (QED) is 0.437. The van der Waals surface area contributed by atoms with Gasteiger partial charge < -0.3 is 19.6 Å². The summed E-state index contributed by atoms with van der Waals surface area (Å²) in [4.78, 5) is 4.43. The van der Waals surface area contributed by atoms with Crippen LogP contribution >= 0.6 is 0 Å². The lowest BCUT2D eigenvalue weighted by Crippen LogP contribution is -2.22. The van der Waals surface area contributed by atoms with Crippen LogP contribution in [0.3, 0.4) is 0 Å². The van der Waals surface area contributed by atoms with Crippen LogP contribution in [0, 0.1) is 0 Å². The van der Waals surface area contributed by atoms with Crippen molar-refractivity contribution in [2.45, 2.75) is 34.3 Å². The van der Waals surface area contributed by atoms with Gasteiger partial charge in [-0.3, -0.25) is 0 Å². The van der Waals surface area contributed by atoms with Gasteiger partial charge in [-0.05, 0) is 57.5 Å². The van der Waals surface area contributed by atoms with Crippen LogP contribution in [0.15, 0.2) is 78.9 Å². The van der Waals surface area contributed by atoms with Crippen molar-refractivity contribution in [1.82, 2.24) is 0 Å². The normalized spacial score (nSPS) is 10.1. The third-order valence-corrected chi connectivity index (χ3v) is 5.19. The molecule has 0 spiro atoms. The largest absolute Gasteiger partial charge is 0.506 e. The van der Waals surface area contributed by atoms with Crippen LogP contribution in [-0.2, 0) is 6.61 Å². The van der Waals surface area contributed by atoms with Gasteiger partial charge in [0.15, 0.2) is 0 Å².